The Hall–Kier alpha value is -3.19. The molecule has 7 heteroatoms. The van der Waals surface area contributed by atoms with E-state index in [2.05, 4.69) is 37.3 Å². The van der Waals surface area contributed by atoms with Gasteiger partial charge in [-0.1, -0.05) is 152 Å². The Bertz CT molecular complexity index is 1320. The maximum Gasteiger partial charge on any atom is 0.414 e. The average Bonchev–Trinajstić information content (AvgIpc) is 3.14. The van der Waals surface area contributed by atoms with Crippen LogP contribution in [0.15, 0.2) is 66.9 Å². The van der Waals surface area contributed by atoms with Crippen molar-refractivity contribution < 1.29 is 27.4 Å². The number of hydrogen-bond acceptors (Lipinski definition) is 4. The molecule has 1 unspecified atom stereocenters. The summed E-state index contributed by atoms with van der Waals surface area (Å²) < 4.78 is 47.6. The third-order valence-corrected chi connectivity index (χ3v) is 9.64. The molecule has 1 atom stereocenters. The summed E-state index contributed by atoms with van der Waals surface area (Å²) in [6.07, 6.45) is 20.1. The summed E-state index contributed by atoms with van der Waals surface area (Å²) >= 11 is 0. The van der Waals surface area contributed by atoms with Crippen LogP contribution in [0.25, 0.3) is 22.4 Å². The van der Waals surface area contributed by atoms with E-state index in [1.807, 2.05) is 24.4 Å². The molecule has 0 amide bonds. The molecule has 1 aromatic heterocycles. The number of hydrogen-bond donors (Lipinski definition) is 0. The van der Waals surface area contributed by atoms with Crippen molar-refractivity contribution in [3.63, 3.8) is 0 Å². The first-order chi connectivity index (χ1) is 24.8. The molecule has 0 aliphatic rings. The molecular weight excluding hydrogens is 647 g/mol. The van der Waals surface area contributed by atoms with E-state index in [1.165, 1.54) is 95.5 Å². The fourth-order valence-electron chi connectivity index (χ4n) is 6.24. The van der Waals surface area contributed by atoms with Crippen LogP contribution < -0.4 is 0 Å². The largest absolute Gasteiger partial charge is 0.462 e. The van der Waals surface area contributed by atoms with Gasteiger partial charge in [0.05, 0.1) is 17.9 Å². The van der Waals surface area contributed by atoms with Crippen LogP contribution in [0.4, 0.5) is 13.2 Å². The smallest absolute Gasteiger partial charge is 0.414 e. The summed E-state index contributed by atoms with van der Waals surface area (Å²) in [6, 6.07) is 20.2. The van der Waals surface area contributed by atoms with Crippen molar-refractivity contribution in [1.29, 1.82) is 0 Å². The minimum Gasteiger partial charge on any atom is -0.462 e. The molecule has 0 N–H and O–H groups in total. The monoisotopic (exact) mass is 709 g/mol. The van der Waals surface area contributed by atoms with E-state index in [-0.39, 0.29) is 12.6 Å². The van der Waals surface area contributed by atoms with Gasteiger partial charge in [-0.05, 0) is 61.9 Å². The summed E-state index contributed by atoms with van der Waals surface area (Å²) in [6.45, 7) is 3.71. The van der Waals surface area contributed by atoms with Gasteiger partial charge in [-0.25, -0.2) is 4.79 Å². The molecule has 3 aromatic rings. The van der Waals surface area contributed by atoms with Gasteiger partial charge in [0, 0.05) is 23.9 Å². The van der Waals surface area contributed by atoms with Gasteiger partial charge >= 0.3 is 12.1 Å². The molecular formula is C44H62F3NO3. The third kappa shape index (κ3) is 17.7. The normalized spacial score (nSPS) is 12.3. The molecule has 0 aliphatic heterocycles. The fraction of sp³-hybridized carbons (Fsp3) is 0.591. The van der Waals surface area contributed by atoms with Crippen LogP contribution in [-0.2, 0) is 15.9 Å². The highest BCUT2D eigenvalue weighted by Gasteiger charge is 2.36. The van der Waals surface area contributed by atoms with Gasteiger partial charge in [-0.3, -0.25) is 4.98 Å². The Morgan fingerprint density at radius 3 is 1.63 bits per heavy atom. The summed E-state index contributed by atoms with van der Waals surface area (Å²) in [5.41, 5.74) is 5.87. The molecule has 0 radical (unpaired) electrons. The zero-order valence-corrected chi connectivity index (χ0v) is 31.3. The maximum absolute atomic E-state index is 12.5. The molecule has 0 spiro atoms. The lowest BCUT2D eigenvalue weighted by atomic mass is 10.0. The number of aromatic nitrogens is 1. The van der Waals surface area contributed by atoms with Gasteiger partial charge in [0.15, 0.2) is 6.10 Å². The summed E-state index contributed by atoms with van der Waals surface area (Å²) in [5, 5.41) is 0. The van der Waals surface area contributed by atoms with E-state index < -0.39 is 12.3 Å². The molecule has 2 aromatic carbocycles. The number of carbonyl (C=O) groups excluding carboxylic acids is 1. The van der Waals surface area contributed by atoms with E-state index in [1.54, 1.807) is 12.1 Å². The van der Waals surface area contributed by atoms with Crippen LogP contribution in [0, 0.1) is 0 Å². The predicted molar refractivity (Wildman–Crippen MR) is 204 cm³/mol. The fourth-order valence-corrected chi connectivity index (χ4v) is 6.24. The van der Waals surface area contributed by atoms with Gasteiger partial charge in [0.25, 0.3) is 0 Å². The van der Waals surface area contributed by atoms with Crippen LogP contribution in [0.2, 0.25) is 0 Å². The van der Waals surface area contributed by atoms with E-state index in [9.17, 15) is 18.0 Å². The number of ether oxygens (including phenoxy) is 2. The first-order valence-electron chi connectivity index (χ1n) is 19.8. The van der Waals surface area contributed by atoms with Gasteiger partial charge in [0.2, 0.25) is 0 Å². The van der Waals surface area contributed by atoms with Gasteiger partial charge in [-0.15, -0.1) is 0 Å². The Kier molecular flexibility index (Phi) is 20.6. The van der Waals surface area contributed by atoms with E-state index in [4.69, 9.17) is 14.5 Å². The predicted octanol–water partition coefficient (Wildman–Crippen LogP) is 13.5. The Morgan fingerprint density at radius 2 is 1.10 bits per heavy atom. The number of esters is 1. The van der Waals surface area contributed by atoms with Crippen LogP contribution >= 0.6 is 0 Å². The molecule has 0 saturated heterocycles. The van der Waals surface area contributed by atoms with Crippen molar-refractivity contribution >= 4 is 5.97 Å². The van der Waals surface area contributed by atoms with Gasteiger partial charge in [0.1, 0.15) is 0 Å². The van der Waals surface area contributed by atoms with E-state index in [0.29, 0.717) is 25.0 Å². The second-order valence-corrected chi connectivity index (χ2v) is 14.0. The lowest BCUT2D eigenvalue weighted by Gasteiger charge is -2.16. The lowest BCUT2D eigenvalue weighted by molar-refractivity contribution is -0.214. The van der Waals surface area contributed by atoms with Crippen molar-refractivity contribution in [3.05, 3.63) is 78.0 Å². The zero-order valence-electron chi connectivity index (χ0n) is 31.3. The van der Waals surface area contributed by atoms with E-state index >= 15 is 0 Å². The zero-order chi connectivity index (χ0) is 36.6. The molecule has 0 aliphatic carbocycles. The first kappa shape index (κ1) is 42.2. The number of carbonyl (C=O) groups is 1. The van der Waals surface area contributed by atoms with Gasteiger partial charge < -0.3 is 9.47 Å². The second-order valence-electron chi connectivity index (χ2n) is 14.0. The number of alkyl halides is 3. The number of aryl methyl sites for hydroxylation is 1. The van der Waals surface area contributed by atoms with Gasteiger partial charge in [-0.2, -0.15) is 13.2 Å². The minimum absolute atomic E-state index is 0.0965. The number of unbranched alkanes of at least 4 members (excludes halogenated alkanes) is 17. The Balaban J connectivity index is 1.26. The lowest BCUT2D eigenvalue weighted by Crippen LogP contribution is -2.28. The molecule has 51 heavy (non-hydrogen) atoms. The van der Waals surface area contributed by atoms with Crippen molar-refractivity contribution in [2.45, 2.75) is 155 Å². The van der Waals surface area contributed by atoms with Crippen molar-refractivity contribution in [2.24, 2.45) is 0 Å². The SMILES string of the molecule is CCCCCCCCCCCCCCCCc1ccc(-c2ccc(-c3ccc(C(=O)OCCCCCCCOC(C)C(F)(F)F)cc3)cn2)cc1. The number of halogens is 3. The molecule has 0 fully saturated rings. The number of nitrogens with zero attached hydrogens (tertiary/aromatic N) is 1. The number of rotatable bonds is 27. The van der Waals surface area contributed by atoms with Crippen molar-refractivity contribution in [2.75, 3.05) is 13.2 Å². The summed E-state index contributed by atoms with van der Waals surface area (Å²) in [7, 11) is 0. The van der Waals surface area contributed by atoms with Crippen LogP contribution in [-0.4, -0.2) is 36.4 Å². The average molecular weight is 710 g/mol. The molecule has 282 valence electrons. The Labute approximate surface area is 306 Å². The highest BCUT2D eigenvalue weighted by molar-refractivity contribution is 5.90. The van der Waals surface area contributed by atoms with Crippen LogP contribution in [0.3, 0.4) is 0 Å². The Morgan fingerprint density at radius 1 is 0.608 bits per heavy atom. The van der Waals surface area contributed by atoms with E-state index in [0.717, 1.165) is 55.0 Å². The van der Waals surface area contributed by atoms with Crippen LogP contribution in [0.1, 0.15) is 152 Å². The molecule has 0 bridgehead atoms. The maximum atomic E-state index is 12.5. The number of benzene rings is 2. The number of pyridine rings is 1. The molecule has 4 nitrogen and oxygen atoms in total. The summed E-state index contributed by atoms with van der Waals surface area (Å²) in [4.78, 5) is 17.2. The summed E-state index contributed by atoms with van der Waals surface area (Å²) in [5.74, 6) is -0.364. The first-order valence-corrected chi connectivity index (χ1v) is 19.8. The van der Waals surface area contributed by atoms with Crippen LogP contribution in [0.5, 0.6) is 0 Å². The topological polar surface area (TPSA) is 48.4 Å². The standard InChI is InChI=1S/C44H62F3NO3/c1-3-4-5-6-7-8-9-10-11-12-13-14-16-19-22-37-23-25-39(26-24-37)42-32-31-41(35-48-42)38-27-29-40(30-28-38)43(49)51-34-21-18-15-17-20-33-50-36(2)44(45,46)47/h23-32,35-36H,3-22,33-34H2,1-2H3. The minimum atomic E-state index is -4.31. The van der Waals surface area contributed by atoms with Crippen molar-refractivity contribution in [1.82, 2.24) is 4.98 Å². The highest BCUT2D eigenvalue weighted by Crippen LogP contribution is 2.25. The van der Waals surface area contributed by atoms with Crippen molar-refractivity contribution in [3.8, 4) is 22.4 Å². The highest BCUT2D eigenvalue weighted by atomic mass is 19.4. The molecule has 3 rings (SSSR count). The molecule has 0 saturated carbocycles. The molecule has 1 heterocycles. The second kappa shape index (κ2) is 24.9. The quantitative estimate of drug-likeness (QED) is 0.0584. The third-order valence-electron chi connectivity index (χ3n) is 9.64.